The normalized spacial score (nSPS) is 11.7. The van der Waals surface area contributed by atoms with Gasteiger partial charge >= 0.3 is 0 Å². The van der Waals surface area contributed by atoms with Gasteiger partial charge in [-0.15, -0.1) is 0 Å². The van der Waals surface area contributed by atoms with Crippen molar-refractivity contribution in [2.45, 2.75) is 12.6 Å². The molecule has 31 heavy (non-hydrogen) atoms. The third-order valence-electron chi connectivity index (χ3n) is 4.74. The van der Waals surface area contributed by atoms with Gasteiger partial charge in [0.2, 0.25) is 0 Å². The highest BCUT2D eigenvalue weighted by molar-refractivity contribution is 6.30. The fraction of sp³-hybridized carbons (Fsp3) is 0.115. The SMILES string of the molecule is OC(COc1ccc(Oc2ccc(Cl)cc2)cc1)C[n+]1ccc(-c2ccccc2)cc1. The van der Waals surface area contributed by atoms with Crippen molar-refractivity contribution in [1.82, 2.24) is 0 Å². The van der Waals surface area contributed by atoms with Crippen LogP contribution >= 0.6 is 11.6 Å². The molecule has 156 valence electrons. The Labute approximate surface area is 186 Å². The van der Waals surface area contributed by atoms with Crippen molar-refractivity contribution >= 4 is 11.6 Å². The highest BCUT2D eigenvalue weighted by Gasteiger charge is 2.12. The maximum Gasteiger partial charge on any atom is 0.177 e. The second-order valence-electron chi connectivity index (χ2n) is 7.14. The van der Waals surface area contributed by atoms with Gasteiger partial charge in [0, 0.05) is 17.2 Å². The van der Waals surface area contributed by atoms with E-state index in [1.807, 2.05) is 83.7 Å². The van der Waals surface area contributed by atoms with Crippen LogP contribution in [0.4, 0.5) is 0 Å². The molecule has 0 bridgehead atoms. The zero-order valence-corrected chi connectivity index (χ0v) is 17.7. The molecule has 0 saturated carbocycles. The second-order valence-corrected chi connectivity index (χ2v) is 7.58. The first-order chi connectivity index (χ1) is 15.2. The molecule has 0 saturated heterocycles. The summed E-state index contributed by atoms with van der Waals surface area (Å²) in [5.41, 5.74) is 2.31. The largest absolute Gasteiger partial charge is 0.491 e. The minimum absolute atomic E-state index is 0.199. The topological polar surface area (TPSA) is 42.6 Å². The minimum atomic E-state index is -0.627. The van der Waals surface area contributed by atoms with E-state index in [-0.39, 0.29) is 6.61 Å². The molecular formula is C26H23ClNO3+. The lowest BCUT2D eigenvalue weighted by molar-refractivity contribution is -0.703. The Hall–Kier alpha value is -3.34. The van der Waals surface area contributed by atoms with Gasteiger partial charge < -0.3 is 14.6 Å². The zero-order valence-electron chi connectivity index (χ0n) is 16.9. The average molecular weight is 433 g/mol. The average Bonchev–Trinajstić information content (AvgIpc) is 2.81. The highest BCUT2D eigenvalue weighted by Crippen LogP contribution is 2.25. The summed E-state index contributed by atoms with van der Waals surface area (Å²) < 4.78 is 13.4. The molecule has 1 aromatic heterocycles. The Morgan fingerprint density at radius 2 is 1.26 bits per heavy atom. The van der Waals surface area contributed by atoms with Crippen LogP contribution in [0.3, 0.4) is 0 Å². The molecule has 1 N–H and O–H groups in total. The van der Waals surface area contributed by atoms with Gasteiger partial charge in [-0.2, -0.15) is 0 Å². The number of hydrogen-bond donors (Lipinski definition) is 1. The van der Waals surface area contributed by atoms with Crippen LogP contribution in [0.15, 0.2) is 103 Å². The third-order valence-corrected chi connectivity index (χ3v) is 4.99. The van der Waals surface area contributed by atoms with E-state index >= 15 is 0 Å². The van der Waals surface area contributed by atoms with Crippen LogP contribution in [0, 0.1) is 0 Å². The van der Waals surface area contributed by atoms with E-state index in [0.717, 1.165) is 5.56 Å². The molecule has 4 nitrogen and oxygen atoms in total. The summed E-state index contributed by atoms with van der Waals surface area (Å²) in [5, 5.41) is 11.0. The van der Waals surface area contributed by atoms with Crippen molar-refractivity contribution in [3.05, 3.63) is 108 Å². The van der Waals surface area contributed by atoms with Crippen molar-refractivity contribution in [3.8, 4) is 28.4 Å². The van der Waals surface area contributed by atoms with Gasteiger partial charge in [-0.1, -0.05) is 41.9 Å². The number of hydrogen-bond acceptors (Lipinski definition) is 3. The fourth-order valence-electron chi connectivity index (χ4n) is 3.13. The number of rotatable bonds is 8. The molecule has 0 radical (unpaired) electrons. The van der Waals surface area contributed by atoms with E-state index in [1.165, 1.54) is 5.56 Å². The van der Waals surface area contributed by atoms with Gasteiger partial charge in [0.05, 0.1) is 0 Å². The molecule has 3 aromatic carbocycles. The number of nitrogens with zero attached hydrogens (tertiary/aromatic N) is 1. The Bertz CT molecular complexity index is 1080. The summed E-state index contributed by atoms with van der Waals surface area (Å²) in [4.78, 5) is 0. The summed E-state index contributed by atoms with van der Waals surface area (Å²) in [6.45, 7) is 0.650. The summed E-state index contributed by atoms with van der Waals surface area (Å²) in [6, 6.07) is 28.8. The van der Waals surface area contributed by atoms with Gasteiger partial charge in [-0.25, -0.2) is 4.57 Å². The monoisotopic (exact) mass is 432 g/mol. The Morgan fingerprint density at radius 3 is 1.90 bits per heavy atom. The third kappa shape index (κ3) is 6.07. The van der Waals surface area contributed by atoms with Crippen molar-refractivity contribution in [3.63, 3.8) is 0 Å². The summed E-state index contributed by atoms with van der Waals surface area (Å²) in [5.74, 6) is 2.08. The summed E-state index contributed by atoms with van der Waals surface area (Å²) in [6.07, 6.45) is 3.31. The van der Waals surface area contributed by atoms with Crippen LogP contribution in [0.1, 0.15) is 0 Å². The first-order valence-corrected chi connectivity index (χ1v) is 10.4. The maximum absolute atomic E-state index is 10.3. The highest BCUT2D eigenvalue weighted by atomic mass is 35.5. The molecule has 0 amide bonds. The molecule has 0 aliphatic heterocycles. The molecule has 0 fully saturated rings. The Morgan fingerprint density at radius 1 is 0.710 bits per heavy atom. The van der Waals surface area contributed by atoms with E-state index in [2.05, 4.69) is 12.1 Å². The molecule has 1 atom stereocenters. The second kappa shape index (κ2) is 10.1. The van der Waals surface area contributed by atoms with E-state index in [9.17, 15) is 5.11 Å². The molecule has 0 aliphatic rings. The number of aliphatic hydroxyl groups excluding tert-OH is 1. The molecule has 1 unspecified atom stereocenters. The molecule has 0 spiro atoms. The van der Waals surface area contributed by atoms with Gasteiger partial charge in [0.15, 0.2) is 18.9 Å². The fourth-order valence-corrected chi connectivity index (χ4v) is 3.26. The number of benzene rings is 3. The standard InChI is InChI=1S/C26H23ClNO3/c27-22-6-8-25(9-7-22)31-26-12-10-24(11-13-26)30-19-23(29)18-28-16-14-21(15-17-28)20-4-2-1-3-5-20/h1-17,23,29H,18-19H2/q+1. The first-order valence-electron chi connectivity index (χ1n) is 10.0. The van der Waals surface area contributed by atoms with Crippen LogP contribution in [-0.2, 0) is 6.54 Å². The Balaban J connectivity index is 1.26. The van der Waals surface area contributed by atoms with Gasteiger partial charge in [0.25, 0.3) is 0 Å². The number of halogens is 1. The zero-order chi connectivity index (χ0) is 21.5. The van der Waals surface area contributed by atoms with Crippen LogP contribution in [0.2, 0.25) is 5.02 Å². The smallest absolute Gasteiger partial charge is 0.177 e. The Kier molecular flexibility index (Phi) is 6.82. The number of ether oxygens (including phenoxy) is 2. The van der Waals surface area contributed by atoms with Gasteiger partial charge in [-0.3, -0.25) is 0 Å². The predicted molar refractivity (Wildman–Crippen MR) is 122 cm³/mol. The van der Waals surface area contributed by atoms with Crippen molar-refractivity contribution < 1.29 is 19.1 Å². The first kappa shape index (κ1) is 20.9. The maximum atomic E-state index is 10.3. The van der Waals surface area contributed by atoms with E-state index in [1.54, 1.807) is 12.1 Å². The number of aliphatic hydroxyl groups is 1. The molecule has 5 heteroatoms. The molecule has 4 rings (SSSR count). The lowest BCUT2D eigenvalue weighted by atomic mass is 10.1. The van der Waals surface area contributed by atoms with E-state index < -0.39 is 6.10 Å². The van der Waals surface area contributed by atoms with E-state index in [0.29, 0.717) is 28.8 Å². The van der Waals surface area contributed by atoms with Gasteiger partial charge in [-0.05, 0) is 59.7 Å². The van der Waals surface area contributed by atoms with E-state index in [4.69, 9.17) is 21.1 Å². The van der Waals surface area contributed by atoms with Crippen molar-refractivity contribution in [2.75, 3.05) is 6.61 Å². The molecule has 0 aliphatic carbocycles. The van der Waals surface area contributed by atoms with Crippen LogP contribution in [0.25, 0.3) is 11.1 Å². The van der Waals surface area contributed by atoms with Crippen molar-refractivity contribution in [2.24, 2.45) is 0 Å². The summed E-state index contributed by atoms with van der Waals surface area (Å²) >= 11 is 5.89. The van der Waals surface area contributed by atoms with Crippen LogP contribution < -0.4 is 14.0 Å². The predicted octanol–water partition coefficient (Wildman–Crippen LogP) is 5.53. The van der Waals surface area contributed by atoms with Gasteiger partial charge in [0.1, 0.15) is 30.0 Å². The minimum Gasteiger partial charge on any atom is -0.491 e. The quantitative estimate of drug-likeness (QED) is 0.372. The number of pyridine rings is 1. The van der Waals surface area contributed by atoms with Crippen LogP contribution in [0.5, 0.6) is 17.2 Å². The molecule has 4 aromatic rings. The summed E-state index contributed by atoms with van der Waals surface area (Å²) in [7, 11) is 0. The lowest BCUT2D eigenvalue weighted by Crippen LogP contribution is -2.41. The van der Waals surface area contributed by atoms with Crippen LogP contribution in [-0.4, -0.2) is 17.8 Å². The molecular weight excluding hydrogens is 410 g/mol. The molecule has 1 heterocycles. The van der Waals surface area contributed by atoms with Crippen molar-refractivity contribution in [1.29, 1.82) is 0 Å². The lowest BCUT2D eigenvalue weighted by Gasteiger charge is -2.11. The number of aromatic nitrogens is 1.